The van der Waals surface area contributed by atoms with Gasteiger partial charge in [0, 0.05) is 47.2 Å². The molecular formula is C23H23N5O3. The average molecular weight is 417 g/mol. The van der Waals surface area contributed by atoms with E-state index in [9.17, 15) is 14.7 Å². The van der Waals surface area contributed by atoms with Gasteiger partial charge in [0.1, 0.15) is 5.75 Å². The highest BCUT2D eigenvalue weighted by molar-refractivity contribution is 6.04. The molecule has 31 heavy (non-hydrogen) atoms. The Morgan fingerprint density at radius 3 is 2.45 bits per heavy atom. The van der Waals surface area contributed by atoms with E-state index in [1.165, 1.54) is 10.7 Å². The van der Waals surface area contributed by atoms with Crippen LogP contribution in [-0.2, 0) is 0 Å². The lowest BCUT2D eigenvalue weighted by Crippen LogP contribution is -2.33. The van der Waals surface area contributed by atoms with Crippen LogP contribution in [0.15, 0.2) is 48.8 Å². The molecule has 2 fully saturated rings. The van der Waals surface area contributed by atoms with E-state index in [0.717, 1.165) is 37.8 Å². The van der Waals surface area contributed by atoms with Crippen LogP contribution in [0.25, 0.3) is 11.3 Å². The van der Waals surface area contributed by atoms with Crippen LogP contribution in [0.4, 0.5) is 10.5 Å². The number of aromatic hydroxyl groups is 1. The molecule has 2 aliphatic carbocycles. The summed E-state index contributed by atoms with van der Waals surface area (Å²) in [6.07, 6.45) is 8.32. The third-order valence-corrected chi connectivity index (χ3v) is 5.83. The highest BCUT2D eigenvalue weighted by Gasteiger charge is 2.30. The maximum atomic E-state index is 12.7. The van der Waals surface area contributed by atoms with Crippen LogP contribution in [0.5, 0.6) is 5.75 Å². The highest BCUT2D eigenvalue weighted by Crippen LogP contribution is 2.39. The Kier molecular flexibility index (Phi) is 4.89. The van der Waals surface area contributed by atoms with Gasteiger partial charge in [-0.05, 0) is 56.0 Å². The van der Waals surface area contributed by atoms with Crippen LogP contribution in [0.1, 0.15) is 54.1 Å². The van der Waals surface area contributed by atoms with Gasteiger partial charge in [-0.1, -0.05) is 6.42 Å². The molecule has 8 heteroatoms. The van der Waals surface area contributed by atoms with Crippen LogP contribution in [0.3, 0.4) is 0 Å². The molecule has 2 aliphatic rings. The Balaban J connectivity index is 1.40. The monoisotopic (exact) mass is 417 g/mol. The minimum atomic E-state index is -0.289. The van der Waals surface area contributed by atoms with Crippen molar-refractivity contribution in [1.29, 1.82) is 0 Å². The topological polar surface area (TPSA) is 109 Å². The van der Waals surface area contributed by atoms with Crippen molar-refractivity contribution in [1.82, 2.24) is 20.1 Å². The first-order chi connectivity index (χ1) is 15.1. The van der Waals surface area contributed by atoms with E-state index in [1.807, 2.05) is 6.07 Å². The van der Waals surface area contributed by atoms with Gasteiger partial charge in [0.2, 0.25) is 0 Å². The Bertz CT molecular complexity index is 1130. The smallest absolute Gasteiger partial charge is 0.342 e. The summed E-state index contributed by atoms with van der Waals surface area (Å²) in [6.45, 7) is 0. The van der Waals surface area contributed by atoms with Gasteiger partial charge in [-0.15, -0.1) is 0 Å². The number of aromatic nitrogens is 3. The summed E-state index contributed by atoms with van der Waals surface area (Å²) in [7, 11) is 0. The minimum absolute atomic E-state index is 0.0139. The van der Waals surface area contributed by atoms with E-state index in [-0.39, 0.29) is 23.7 Å². The summed E-state index contributed by atoms with van der Waals surface area (Å²) in [6, 6.07) is 10.0. The van der Waals surface area contributed by atoms with Gasteiger partial charge in [-0.2, -0.15) is 9.78 Å². The Hall–Kier alpha value is -3.68. The third-order valence-electron chi connectivity index (χ3n) is 5.83. The van der Waals surface area contributed by atoms with Crippen LogP contribution < -0.4 is 10.6 Å². The first kappa shape index (κ1) is 19.3. The summed E-state index contributed by atoms with van der Waals surface area (Å²) in [5.41, 5.74) is 2.88. The van der Waals surface area contributed by atoms with E-state index in [4.69, 9.17) is 0 Å². The van der Waals surface area contributed by atoms with Crippen molar-refractivity contribution in [2.24, 2.45) is 0 Å². The Morgan fingerprint density at radius 2 is 1.81 bits per heavy atom. The molecule has 2 saturated carbocycles. The van der Waals surface area contributed by atoms with Gasteiger partial charge < -0.3 is 15.7 Å². The SMILES string of the molecule is O=C(Nc1ccc(-c2cc(C3CCC3)n(C(=O)NC3CC3)n2)c(O)c1)c1ccncc1. The zero-order valence-electron chi connectivity index (χ0n) is 16.9. The van der Waals surface area contributed by atoms with Crippen molar-refractivity contribution in [2.75, 3.05) is 5.32 Å². The van der Waals surface area contributed by atoms with E-state index in [0.29, 0.717) is 28.4 Å². The Morgan fingerprint density at radius 1 is 1.03 bits per heavy atom. The molecule has 0 aliphatic heterocycles. The van der Waals surface area contributed by atoms with Crippen molar-refractivity contribution in [3.05, 3.63) is 60.0 Å². The van der Waals surface area contributed by atoms with Crippen molar-refractivity contribution in [3.63, 3.8) is 0 Å². The first-order valence-electron chi connectivity index (χ1n) is 10.5. The maximum Gasteiger partial charge on any atom is 0.342 e. The maximum absolute atomic E-state index is 12.7. The molecule has 1 aromatic carbocycles. The van der Waals surface area contributed by atoms with E-state index >= 15 is 0 Å². The van der Waals surface area contributed by atoms with Crippen molar-refractivity contribution in [3.8, 4) is 17.0 Å². The molecule has 5 rings (SSSR count). The lowest BCUT2D eigenvalue weighted by atomic mass is 9.82. The highest BCUT2D eigenvalue weighted by atomic mass is 16.3. The number of hydrogen-bond donors (Lipinski definition) is 3. The number of pyridine rings is 1. The predicted molar refractivity (Wildman–Crippen MR) is 115 cm³/mol. The molecule has 2 heterocycles. The minimum Gasteiger partial charge on any atom is -0.507 e. The fourth-order valence-corrected chi connectivity index (χ4v) is 3.68. The molecule has 0 bridgehead atoms. The van der Waals surface area contributed by atoms with Crippen molar-refractivity contribution >= 4 is 17.6 Å². The number of nitrogens with one attached hydrogen (secondary N) is 2. The van der Waals surface area contributed by atoms with Crippen molar-refractivity contribution < 1.29 is 14.7 Å². The molecule has 8 nitrogen and oxygen atoms in total. The summed E-state index contributed by atoms with van der Waals surface area (Å²) < 4.78 is 1.45. The quantitative estimate of drug-likeness (QED) is 0.583. The second-order valence-electron chi connectivity index (χ2n) is 8.14. The van der Waals surface area contributed by atoms with Crippen molar-refractivity contribution in [2.45, 2.75) is 44.1 Å². The van der Waals surface area contributed by atoms with Gasteiger partial charge in [0.15, 0.2) is 0 Å². The number of benzene rings is 1. The standard InChI is InChI=1S/C23H23N5O3/c29-21-12-17(25-22(30)15-8-10-24-11-9-15)6-7-18(21)19-13-20(14-2-1-3-14)28(27-19)23(31)26-16-4-5-16/h6-14,16,29H,1-5H2,(H,25,30)(H,26,31). The average Bonchev–Trinajstić information content (AvgIpc) is 3.44. The lowest BCUT2D eigenvalue weighted by Gasteiger charge is -2.25. The summed E-state index contributed by atoms with van der Waals surface area (Å²) in [5, 5.41) is 20.9. The normalized spacial score (nSPS) is 15.9. The fourth-order valence-electron chi connectivity index (χ4n) is 3.68. The third kappa shape index (κ3) is 4.01. The van der Waals surface area contributed by atoms with E-state index in [2.05, 4.69) is 20.7 Å². The van der Waals surface area contributed by atoms with Gasteiger partial charge in [0.25, 0.3) is 5.91 Å². The summed E-state index contributed by atoms with van der Waals surface area (Å²) in [4.78, 5) is 28.9. The van der Waals surface area contributed by atoms with Crippen LogP contribution in [0, 0.1) is 0 Å². The molecule has 158 valence electrons. The molecule has 2 amide bonds. The van der Waals surface area contributed by atoms with Crippen LogP contribution in [0.2, 0.25) is 0 Å². The number of phenolic OH excluding ortho intramolecular Hbond substituents is 1. The molecule has 3 N–H and O–H groups in total. The van der Waals surface area contributed by atoms with Gasteiger partial charge >= 0.3 is 6.03 Å². The first-order valence-corrected chi connectivity index (χ1v) is 10.5. The number of amides is 2. The lowest BCUT2D eigenvalue weighted by molar-refractivity contribution is 0.102. The molecule has 0 radical (unpaired) electrons. The zero-order chi connectivity index (χ0) is 21.4. The molecule has 0 spiro atoms. The number of phenols is 1. The molecule has 2 aromatic heterocycles. The second kappa shape index (κ2) is 7.86. The fraction of sp³-hybridized carbons (Fsp3) is 0.304. The largest absolute Gasteiger partial charge is 0.507 e. The number of carbonyl (C=O) groups excluding carboxylic acids is 2. The van der Waals surface area contributed by atoms with E-state index in [1.54, 1.807) is 36.7 Å². The molecule has 0 unspecified atom stereocenters. The van der Waals surface area contributed by atoms with Crippen LogP contribution in [-0.4, -0.2) is 37.9 Å². The second-order valence-corrected chi connectivity index (χ2v) is 8.14. The Labute approximate surface area is 179 Å². The predicted octanol–water partition coefficient (Wildman–Crippen LogP) is 3.89. The summed E-state index contributed by atoms with van der Waals surface area (Å²) >= 11 is 0. The molecule has 0 atom stereocenters. The zero-order valence-corrected chi connectivity index (χ0v) is 16.9. The molecule has 0 saturated heterocycles. The number of nitrogens with zero attached hydrogens (tertiary/aromatic N) is 3. The number of hydrogen-bond acceptors (Lipinski definition) is 5. The van der Waals surface area contributed by atoms with Gasteiger partial charge in [-0.25, -0.2) is 4.79 Å². The molecule has 3 aromatic rings. The number of rotatable bonds is 5. The van der Waals surface area contributed by atoms with Crippen LogP contribution >= 0.6 is 0 Å². The summed E-state index contributed by atoms with van der Waals surface area (Å²) in [5.74, 6) is 0.00931. The number of anilines is 1. The van der Waals surface area contributed by atoms with Gasteiger partial charge in [0.05, 0.1) is 11.4 Å². The number of carbonyl (C=O) groups is 2. The van der Waals surface area contributed by atoms with E-state index < -0.39 is 0 Å². The molecular weight excluding hydrogens is 394 g/mol. The van der Waals surface area contributed by atoms with Gasteiger partial charge in [-0.3, -0.25) is 9.78 Å².